The summed E-state index contributed by atoms with van der Waals surface area (Å²) in [7, 11) is 0. The van der Waals surface area contributed by atoms with Gasteiger partial charge in [0.2, 0.25) is 0 Å². The van der Waals surface area contributed by atoms with Crippen LogP contribution in [0.15, 0.2) is 42.5 Å². The summed E-state index contributed by atoms with van der Waals surface area (Å²) in [5.74, 6) is -0.319. The van der Waals surface area contributed by atoms with Crippen molar-refractivity contribution in [3.8, 4) is 11.1 Å². The van der Waals surface area contributed by atoms with Crippen molar-refractivity contribution in [3.05, 3.63) is 58.6 Å². The second-order valence-electron chi connectivity index (χ2n) is 7.51. The Morgan fingerprint density at radius 2 is 1.60 bits per heavy atom. The fourth-order valence-electron chi connectivity index (χ4n) is 4.54. The molecule has 2 aliphatic rings. The van der Waals surface area contributed by atoms with Gasteiger partial charge in [0.25, 0.3) is 0 Å². The molecular formula is C22H21ClO2. The number of hydrogen-bond acceptors (Lipinski definition) is 2. The summed E-state index contributed by atoms with van der Waals surface area (Å²) in [5.41, 5.74) is 3.58. The summed E-state index contributed by atoms with van der Waals surface area (Å²) in [6.45, 7) is 1.99. The molecule has 0 N–H and O–H groups in total. The molecule has 0 aliphatic heterocycles. The number of carbonyl (C=O) groups excluding carboxylic acids is 2. The summed E-state index contributed by atoms with van der Waals surface area (Å²) in [5, 5.41) is 0.695. The Kier molecular flexibility index (Phi) is 4.04. The number of rotatable bonds is 2. The normalized spacial score (nSPS) is 22.1. The first kappa shape index (κ1) is 16.5. The van der Waals surface area contributed by atoms with Crippen LogP contribution >= 0.6 is 11.6 Å². The molecule has 2 fully saturated rings. The van der Waals surface area contributed by atoms with Crippen molar-refractivity contribution in [2.45, 2.75) is 44.9 Å². The van der Waals surface area contributed by atoms with Crippen LogP contribution in [0.1, 0.15) is 49.1 Å². The number of benzene rings is 2. The van der Waals surface area contributed by atoms with E-state index >= 15 is 0 Å². The van der Waals surface area contributed by atoms with Gasteiger partial charge in [0.1, 0.15) is 11.7 Å². The Bertz CT molecular complexity index is 845. The zero-order chi connectivity index (χ0) is 17.6. The van der Waals surface area contributed by atoms with E-state index in [1.807, 2.05) is 49.4 Å². The molecule has 2 aromatic rings. The van der Waals surface area contributed by atoms with E-state index in [0.717, 1.165) is 47.9 Å². The van der Waals surface area contributed by atoms with Crippen LogP contribution in [0, 0.1) is 12.3 Å². The van der Waals surface area contributed by atoms with Crippen molar-refractivity contribution < 1.29 is 9.59 Å². The monoisotopic (exact) mass is 352 g/mol. The van der Waals surface area contributed by atoms with Gasteiger partial charge in [-0.2, -0.15) is 0 Å². The van der Waals surface area contributed by atoms with Crippen LogP contribution < -0.4 is 0 Å². The number of hydrogen-bond donors (Lipinski definition) is 0. The van der Waals surface area contributed by atoms with Gasteiger partial charge in [-0.25, -0.2) is 0 Å². The Labute approximate surface area is 153 Å². The SMILES string of the molecule is Cc1ccc(-c2ccc(Cl)cc2)cc1C1C(=O)CC2(CCCC2)C1=O. The van der Waals surface area contributed by atoms with Crippen molar-refractivity contribution in [2.24, 2.45) is 5.41 Å². The number of Topliss-reactive ketones (excluding diaryl/α,β-unsaturated/α-hetero) is 2. The first-order valence-corrected chi connectivity index (χ1v) is 9.31. The van der Waals surface area contributed by atoms with E-state index in [-0.39, 0.29) is 17.0 Å². The minimum Gasteiger partial charge on any atom is -0.298 e. The topological polar surface area (TPSA) is 34.1 Å². The lowest BCUT2D eigenvalue weighted by Gasteiger charge is -2.20. The molecule has 2 aromatic carbocycles. The largest absolute Gasteiger partial charge is 0.298 e. The maximum absolute atomic E-state index is 13.1. The average molecular weight is 353 g/mol. The van der Waals surface area contributed by atoms with Crippen molar-refractivity contribution >= 4 is 23.2 Å². The minimum atomic E-state index is -0.578. The van der Waals surface area contributed by atoms with Crippen molar-refractivity contribution in [1.29, 1.82) is 0 Å². The van der Waals surface area contributed by atoms with E-state index in [9.17, 15) is 9.59 Å². The molecule has 0 saturated heterocycles. The number of carbonyl (C=O) groups is 2. The molecule has 1 spiro atoms. The highest BCUT2D eigenvalue weighted by molar-refractivity contribution is 6.30. The molecule has 0 heterocycles. The van der Waals surface area contributed by atoms with Crippen LogP contribution in [0.2, 0.25) is 5.02 Å². The first-order valence-electron chi connectivity index (χ1n) is 8.94. The Balaban J connectivity index is 1.75. The third-order valence-corrected chi connectivity index (χ3v) is 6.20. The molecule has 128 valence electrons. The van der Waals surface area contributed by atoms with Crippen molar-refractivity contribution in [2.75, 3.05) is 0 Å². The Morgan fingerprint density at radius 1 is 0.960 bits per heavy atom. The summed E-state index contributed by atoms with van der Waals surface area (Å²) in [6.07, 6.45) is 4.32. The highest BCUT2D eigenvalue weighted by atomic mass is 35.5. The Morgan fingerprint density at radius 3 is 2.28 bits per heavy atom. The van der Waals surface area contributed by atoms with Gasteiger partial charge in [0.05, 0.1) is 0 Å². The van der Waals surface area contributed by atoms with E-state index in [4.69, 9.17) is 11.6 Å². The zero-order valence-electron chi connectivity index (χ0n) is 14.3. The predicted octanol–water partition coefficient (Wildman–Crippen LogP) is 5.50. The third-order valence-electron chi connectivity index (χ3n) is 5.95. The quantitative estimate of drug-likeness (QED) is 0.668. The van der Waals surface area contributed by atoms with Crippen LogP contribution in [0.3, 0.4) is 0 Å². The smallest absolute Gasteiger partial charge is 0.154 e. The highest BCUT2D eigenvalue weighted by Crippen LogP contribution is 2.51. The number of aryl methyl sites for hydroxylation is 1. The van der Waals surface area contributed by atoms with Gasteiger partial charge in [0, 0.05) is 16.9 Å². The third kappa shape index (κ3) is 2.73. The average Bonchev–Trinajstić information content (AvgIpc) is 3.15. The predicted molar refractivity (Wildman–Crippen MR) is 99.9 cm³/mol. The molecule has 3 heteroatoms. The van der Waals surface area contributed by atoms with Crippen LogP contribution in [0.4, 0.5) is 0 Å². The van der Waals surface area contributed by atoms with E-state index in [1.165, 1.54) is 0 Å². The summed E-state index contributed by atoms with van der Waals surface area (Å²) < 4.78 is 0. The fourth-order valence-corrected chi connectivity index (χ4v) is 4.66. The molecule has 2 aliphatic carbocycles. The molecule has 0 aromatic heterocycles. The maximum atomic E-state index is 13.1. The minimum absolute atomic E-state index is 0.100. The summed E-state index contributed by atoms with van der Waals surface area (Å²) >= 11 is 5.98. The first-order chi connectivity index (χ1) is 12.0. The zero-order valence-corrected chi connectivity index (χ0v) is 15.1. The number of halogens is 1. The van der Waals surface area contributed by atoms with Gasteiger partial charge in [-0.1, -0.05) is 48.7 Å². The molecule has 0 bridgehead atoms. The highest BCUT2D eigenvalue weighted by Gasteiger charge is 2.54. The van der Waals surface area contributed by atoms with Gasteiger partial charge in [-0.15, -0.1) is 0 Å². The standard InChI is InChI=1S/C22H21ClO2/c1-14-4-5-16(15-6-8-17(23)9-7-15)12-18(14)20-19(24)13-22(21(20)25)10-2-3-11-22/h4-9,12,20H,2-3,10-11,13H2,1H3. The van der Waals surface area contributed by atoms with Crippen LogP contribution in [-0.2, 0) is 9.59 Å². The van der Waals surface area contributed by atoms with Crippen molar-refractivity contribution in [3.63, 3.8) is 0 Å². The molecule has 2 saturated carbocycles. The molecule has 1 atom stereocenters. The van der Waals surface area contributed by atoms with Crippen molar-refractivity contribution in [1.82, 2.24) is 0 Å². The van der Waals surface area contributed by atoms with Gasteiger partial charge < -0.3 is 0 Å². The number of ketones is 2. The van der Waals surface area contributed by atoms with Gasteiger partial charge in [0.15, 0.2) is 5.78 Å². The lowest BCUT2D eigenvalue weighted by molar-refractivity contribution is -0.127. The van der Waals surface area contributed by atoms with E-state index in [0.29, 0.717) is 11.4 Å². The lowest BCUT2D eigenvalue weighted by atomic mass is 9.80. The molecule has 0 radical (unpaired) electrons. The maximum Gasteiger partial charge on any atom is 0.154 e. The van der Waals surface area contributed by atoms with Crippen LogP contribution in [0.25, 0.3) is 11.1 Å². The Hall–Kier alpha value is -1.93. The van der Waals surface area contributed by atoms with E-state index in [2.05, 4.69) is 0 Å². The molecule has 1 unspecified atom stereocenters. The molecular weight excluding hydrogens is 332 g/mol. The van der Waals surface area contributed by atoms with Gasteiger partial charge >= 0.3 is 0 Å². The molecule has 4 rings (SSSR count). The van der Waals surface area contributed by atoms with E-state index in [1.54, 1.807) is 0 Å². The lowest BCUT2D eigenvalue weighted by Crippen LogP contribution is -2.25. The van der Waals surface area contributed by atoms with Gasteiger partial charge in [-0.05, 0) is 60.2 Å². The van der Waals surface area contributed by atoms with E-state index < -0.39 is 5.92 Å². The van der Waals surface area contributed by atoms with Crippen LogP contribution in [-0.4, -0.2) is 11.6 Å². The van der Waals surface area contributed by atoms with Crippen LogP contribution in [0.5, 0.6) is 0 Å². The summed E-state index contributed by atoms with van der Waals surface area (Å²) in [4.78, 5) is 25.9. The summed E-state index contributed by atoms with van der Waals surface area (Å²) in [6, 6.07) is 13.7. The second-order valence-corrected chi connectivity index (χ2v) is 7.94. The molecule has 25 heavy (non-hydrogen) atoms. The molecule has 0 amide bonds. The molecule has 2 nitrogen and oxygen atoms in total. The second kappa shape index (κ2) is 6.10. The fraction of sp³-hybridized carbons (Fsp3) is 0.364. The van der Waals surface area contributed by atoms with Gasteiger partial charge in [-0.3, -0.25) is 9.59 Å².